The topological polar surface area (TPSA) is 107 Å². The van der Waals surface area contributed by atoms with Crippen molar-refractivity contribution in [1.82, 2.24) is 4.90 Å². The van der Waals surface area contributed by atoms with Crippen LogP contribution in [0.3, 0.4) is 0 Å². The number of ether oxygens (including phenoxy) is 2. The molecule has 0 spiro atoms. The first-order valence-electron chi connectivity index (χ1n) is 11.4. The zero-order valence-electron chi connectivity index (χ0n) is 19.0. The maximum atomic E-state index is 12.7. The molecule has 8 nitrogen and oxygen atoms in total. The number of Topliss-reactive ketones (excluding diaryl/α,β-unsaturated/α-hetero) is 1. The van der Waals surface area contributed by atoms with Gasteiger partial charge in [0.25, 0.3) is 0 Å². The Morgan fingerprint density at radius 1 is 0.857 bits per heavy atom. The van der Waals surface area contributed by atoms with Crippen LogP contribution in [0.2, 0.25) is 0 Å². The molecule has 2 aromatic carbocycles. The fraction of sp³-hybridized carbons (Fsp3) is 0.296. The number of imide groups is 1. The standard InChI is InChI=1S/C27H23NO7/c1-15-2-4-17(5-3-15)27(33)35-20-10-8-16(9-11-20)21(29)14-34-22(30)13-28-25(31)23-18-6-7-19(12-18)24(23)26(28)32/h2-11,18-19,23-24H,12-14H2,1H3. The van der Waals surface area contributed by atoms with E-state index in [1.807, 2.05) is 31.2 Å². The van der Waals surface area contributed by atoms with Gasteiger partial charge in [0.2, 0.25) is 11.8 Å². The summed E-state index contributed by atoms with van der Waals surface area (Å²) in [7, 11) is 0. The SMILES string of the molecule is Cc1ccc(C(=O)Oc2ccc(C(=O)COC(=O)CN3C(=O)C4C5C=CC(C5)C4C3=O)cc2)cc1. The summed E-state index contributed by atoms with van der Waals surface area (Å²) in [5.74, 6) is -2.85. The van der Waals surface area contributed by atoms with E-state index in [4.69, 9.17) is 9.47 Å². The quantitative estimate of drug-likeness (QED) is 0.200. The van der Waals surface area contributed by atoms with Crippen LogP contribution < -0.4 is 4.74 Å². The smallest absolute Gasteiger partial charge is 0.343 e. The second-order valence-electron chi connectivity index (χ2n) is 9.13. The van der Waals surface area contributed by atoms with Crippen LogP contribution in [-0.2, 0) is 19.1 Å². The van der Waals surface area contributed by atoms with Gasteiger partial charge >= 0.3 is 11.9 Å². The molecule has 3 aliphatic rings. The molecule has 2 aromatic rings. The second-order valence-corrected chi connectivity index (χ2v) is 9.13. The number of allylic oxidation sites excluding steroid dienone is 2. The predicted molar refractivity (Wildman–Crippen MR) is 122 cm³/mol. The van der Waals surface area contributed by atoms with E-state index < -0.39 is 30.9 Å². The van der Waals surface area contributed by atoms with Gasteiger partial charge in [-0.05, 0) is 61.6 Å². The van der Waals surface area contributed by atoms with Gasteiger partial charge < -0.3 is 9.47 Å². The van der Waals surface area contributed by atoms with E-state index in [2.05, 4.69) is 0 Å². The van der Waals surface area contributed by atoms with Gasteiger partial charge in [0, 0.05) is 5.56 Å². The summed E-state index contributed by atoms with van der Waals surface area (Å²) in [6.07, 6.45) is 4.77. The number of ketones is 1. The van der Waals surface area contributed by atoms with Gasteiger partial charge in [0.15, 0.2) is 12.4 Å². The van der Waals surface area contributed by atoms with E-state index in [1.165, 1.54) is 24.3 Å². The van der Waals surface area contributed by atoms with Crippen molar-refractivity contribution in [2.24, 2.45) is 23.7 Å². The van der Waals surface area contributed by atoms with E-state index in [0.717, 1.165) is 16.9 Å². The second kappa shape index (κ2) is 8.94. The fourth-order valence-electron chi connectivity index (χ4n) is 5.09. The van der Waals surface area contributed by atoms with Crippen LogP contribution in [0.1, 0.15) is 32.7 Å². The lowest BCUT2D eigenvalue weighted by molar-refractivity contribution is -0.152. The first-order valence-corrected chi connectivity index (χ1v) is 11.4. The third kappa shape index (κ3) is 4.27. The van der Waals surface area contributed by atoms with E-state index in [9.17, 15) is 24.0 Å². The van der Waals surface area contributed by atoms with Crippen LogP contribution in [0.15, 0.2) is 60.7 Å². The molecule has 8 heteroatoms. The molecule has 4 unspecified atom stereocenters. The van der Waals surface area contributed by atoms with Gasteiger partial charge in [-0.15, -0.1) is 0 Å². The van der Waals surface area contributed by atoms with E-state index in [1.54, 1.807) is 12.1 Å². The number of benzene rings is 2. The molecule has 0 radical (unpaired) electrons. The van der Waals surface area contributed by atoms with Crippen molar-refractivity contribution in [1.29, 1.82) is 0 Å². The maximum absolute atomic E-state index is 12.7. The summed E-state index contributed by atoms with van der Waals surface area (Å²) in [4.78, 5) is 63.2. The Hall–Kier alpha value is -4.07. The highest BCUT2D eigenvalue weighted by Gasteiger charge is 2.59. The normalized spacial score (nSPS) is 24.0. The molecule has 0 aromatic heterocycles. The first kappa shape index (κ1) is 22.7. The number of hydrogen-bond acceptors (Lipinski definition) is 7. The molecule has 2 bridgehead atoms. The third-order valence-corrected chi connectivity index (χ3v) is 6.89. The number of rotatable bonds is 7. The number of amides is 2. The summed E-state index contributed by atoms with van der Waals surface area (Å²) >= 11 is 0. The molecule has 5 rings (SSSR count). The molecule has 2 amide bonds. The zero-order chi connectivity index (χ0) is 24.7. The Morgan fingerprint density at radius 2 is 1.43 bits per heavy atom. The minimum absolute atomic E-state index is 0.0585. The van der Waals surface area contributed by atoms with Gasteiger partial charge in [-0.25, -0.2) is 4.79 Å². The summed E-state index contributed by atoms with van der Waals surface area (Å²) in [6, 6.07) is 12.8. The molecule has 2 aliphatic carbocycles. The number of carbonyl (C=O) groups is 5. The number of carbonyl (C=O) groups excluding carboxylic acids is 5. The Morgan fingerprint density at radius 3 is 2.03 bits per heavy atom. The van der Waals surface area contributed by atoms with E-state index in [-0.39, 0.29) is 46.8 Å². The van der Waals surface area contributed by atoms with Crippen LogP contribution in [0.5, 0.6) is 5.75 Å². The molecule has 1 aliphatic heterocycles. The lowest BCUT2D eigenvalue weighted by Gasteiger charge is -2.16. The van der Waals surface area contributed by atoms with Crippen molar-refractivity contribution in [3.05, 3.63) is 77.4 Å². The van der Waals surface area contributed by atoms with Gasteiger partial charge in [-0.3, -0.25) is 24.1 Å². The highest BCUT2D eigenvalue weighted by Crippen LogP contribution is 2.52. The van der Waals surface area contributed by atoms with Crippen molar-refractivity contribution in [2.75, 3.05) is 13.2 Å². The number of fused-ring (bicyclic) bond motifs is 5. The summed E-state index contributed by atoms with van der Waals surface area (Å²) < 4.78 is 10.3. The highest BCUT2D eigenvalue weighted by molar-refractivity contribution is 6.08. The van der Waals surface area contributed by atoms with Crippen LogP contribution in [0.4, 0.5) is 0 Å². The molecular weight excluding hydrogens is 450 g/mol. The Balaban J connectivity index is 1.12. The van der Waals surface area contributed by atoms with Gasteiger partial charge in [-0.1, -0.05) is 29.8 Å². The zero-order valence-corrected chi connectivity index (χ0v) is 19.0. The number of hydrogen-bond donors (Lipinski definition) is 0. The van der Waals surface area contributed by atoms with Gasteiger partial charge in [-0.2, -0.15) is 0 Å². The molecule has 1 saturated carbocycles. The molecule has 2 fully saturated rings. The number of esters is 2. The lowest BCUT2D eigenvalue weighted by atomic mass is 9.85. The highest BCUT2D eigenvalue weighted by atomic mass is 16.5. The molecule has 0 N–H and O–H groups in total. The lowest BCUT2D eigenvalue weighted by Crippen LogP contribution is -2.38. The van der Waals surface area contributed by atoms with E-state index >= 15 is 0 Å². The molecule has 4 atom stereocenters. The Kier molecular flexibility index (Phi) is 5.80. The number of nitrogens with zero attached hydrogens (tertiary/aromatic N) is 1. The minimum Gasteiger partial charge on any atom is -0.456 e. The van der Waals surface area contributed by atoms with Crippen molar-refractivity contribution in [3.8, 4) is 5.75 Å². The van der Waals surface area contributed by atoms with Gasteiger partial charge in [0.1, 0.15) is 12.3 Å². The maximum Gasteiger partial charge on any atom is 0.343 e. The van der Waals surface area contributed by atoms with Crippen LogP contribution in [-0.4, -0.2) is 47.6 Å². The summed E-state index contributed by atoms with van der Waals surface area (Å²) in [5.41, 5.74) is 1.69. The fourth-order valence-corrected chi connectivity index (χ4v) is 5.09. The molecular formula is C27H23NO7. The molecule has 178 valence electrons. The van der Waals surface area contributed by atoms with Crippen LogP contribution >= 0.6 is 0 Å². The molecule has 35 heavy (non-hydrogen) atoms. The predicted octanol–water partition coefficient (Wildman–Crippen LogP) is 2.75. The van der Waals surface area contributed by atoms with Crippen LogP contribution in [0, 0.1) is 30.6 Å². The van der Waals surface area contributed by atoms with E-state index in [0.29, 0.717) is 5.56 Å². The monoisotopic (exact) mass is 473 g/mol. The Labute approximate surface area is 201 Å². The van der Waals surface area contributed by atoms with Crippen LogP contribution in [0.25, 0.3) is 0 Å². The minimum atomic E-state index is -0.816. The number of likely N-dealkylation sites (tertiary alicyclic amines) is 1. The average molecular weight is 473 g/mol. The average Bonchev–Trinajstić information content (AvgIpc) is 3.54. The molecule has 1 heterocycles. The molecule has 1 saturated heterocycles. The summed E-state index contributed by atoms with van der Waals surface area (Å²) in [5, 5.41) is 0. The van der Waals surface area contributed by atoms with Crippen molar-refractivity contribution >= 4 is 29.5 Å². The largest absolute Gasteiger partial charge is 0.456 e. The first-order chi connectivity index (χ1) is 16.8. The van der Waals surface area contributed by atoms with Crippen molar-refractivity contribution in [2.45, 2.75) is 13.3 Å². The van der Waals surface area contributed by atoms with Gasteiger partial charge in [0.05, 0.1) is 17.4 Å². The third-order valence-electron chi connectivity index (χ3n) is 6.89. The summed E-state index contributed by atoms with van der Waals surface area (Å²) in [6.45, 7) is 0.890. The number of aryl methyl sites for hydroxylation is 1. The Bertz CT molecular complexity index is 1220. The van der Waals surface area contributed by atoms with Crippen molar-refractivity contribution in [3.63, 3.8) is 0 Å². The van der Waals surface area contributed by atoms with Crippen molar-refractivity contribution < 1.29 is 33.4 Å².